The molecule has 0 atom stereocenters. The number of hydrogen-bond acceptors (Lipinski definition) is 3. The largest absolute Gasteiger partial charge is 0.334 e. The normalized spacial score (nSPS) is 11.4. The number of fused-ring (bicyclic) bond motifs is 3. The second-order valence-electron chi connectivity index (χ2n) is 5.33. The summed E-state index contributed by atoms with van der Waals surface area (Å²) in [4.78, 5) is 21.6. The van der Waals surface area contributed by atoms with Gasteiger partial charge in [0.1, 0.15) is 5.82 Å². The molecule has 0 radical (unpaired) electrons. The fraction of sp³-hybridized carbons (Fsp3) is 0.118. The van der Waals surface area contributed by atoms with E-state index >= 15 is 0 Å². The maximum absolute atomic E-state index is 12.7. The first-order valence-corrected chi connectivity index (χ1v) is 7.05. The lowest BCUT2D eigenvalue weighted by Gasteiger charge is -2.07. The quantitative estimate of drug-likeness (QED) is 0.541. The highest BCUT2D eigenvalue weighted by molar-refractivity contribution is 6.02. The van der Waals surface area contributed by atoms with Crippen molar-refractivity contribution in [2.24, 2.45) is 7.05 Å². The zero-order valence-electron chi connectivity index (χ0n) is 12.3. The summed E-state index contributed by atoms with van der Waals surface area (Å²) in [5.74, 6) is 0.662. The SMILES string of the molecule is Cc1cccnc1-n1c(=O)n(C)c2cnc3ccccc3c21. The Morgan fingerprint density at radius 2 is 1.86 bits per heavy atom. The predicted octanol–water partition coefficient (Wildman–Crippen LogP) is 2.58. The average Bonchev–Trinajstić information content (AvgIpc) is 2.80. The fourth-order valence-electron chi connectivity index (χ4n) is 2.85. The number of rotatable bonds is 1. The molecule has 0 spiro atoms. The van der Waals surface area contributed by atoms with Crippen LogP contribution in [0.2, 0.25) is 0 Å². The van der Waals surface area contributed by atoms with Crippen LogP contribution in [0.1, 0.15) is 5.56 Å². The van der Waals surface area contributed by atoms with Crippen LogP contribution in [0.4, 0.5) is 0 Å². The Labute approximate surface area is 126 Å². The number of para-hydroxylation sites is 1. The van der Waals surface area contributed by atoms with Gasteiger partial charge in [0.2, 0.25) is 0 Å². The van der Waals surface area contributed by atoms with Gasteiger partial charge in [0.25, 0.3) is 0 Å². The van der Waals surface area contributed by atoms with Crippen molar-refractivity contribution in [2.75, 3.05) is 0 Å². The number of benzene rings is 1. The Kier molecular flexibility index (Phi) is 2.63. The molecule has 5 heteroatoms. The summed E-state index contributed by atoms with van der Waals surface area (Å²) in [6.45, 7) is 1.96. The second kappa shape index (κ2) is 4.53. The highest BCUT2D eigenvalue weighted by Gasteiger charge is 2.17. The maximum atomic E-state index is 12.7. The molecule has 0 fully saturated rings. The predicted molar refractivity (Wildman–Crippen MR) is 86.3 cm³/mol. The topological polar surface area (TPSA) is 52.7 Å². The highest BCUT2D eigenvalue weighted by atomic mass is 16.1. The van der Waals surface area contributed by atoms with Gasteiger partial charge in [-0.1, -0.05) is 24.3 Å². The molecule has 4 aromatic rings. The highest BCUT2D eigenvalue weighted by Crippen LogP contribution is 2.25. The number of nitrogens with zero attached hydrogens (tertiary/aromatic N) is 4. The molecule has 0 aliphatic heterocycles. The Bertz CT molecular complexity index is 1080. The molecule has 0 aliphatic carbocycles. The monoisotopic (exact) mass is 290 g/mol. The van der Waals surface area contributed by atoms with Crippen molar-refractivity contribution in [3.05, 3.63) is 64.8 Å². The van der Waals surface area contributed by atoms with Gasteiger partial charge in [0, 0.05) is 18.6 Å². The summed E-state index contributed by atoms with van der Waals surface area (Å²) in [5.41, 5.74) is 3.35. The Morgan fingerprint density at radius 1 is 1.05 bits per heavy atom. The van der Waals surface area contributed by atoms with Crippen LogP contribution in [0.15, 0.2) is 53.6 Å². The van der Waals surface area contributed by atoms with Crippen molar-refractivity contribution in [3.63, 3.8) is 0 Å². The molecule has 0 N–H and O–H groups in total. The van der Waals surface area contributed by atoms with Crippen molar-refractivity contribution in [1.29, 1.82) is 0 Å². The fourth-order valence-corrected chi connectivity index (χ4v) is 2.85. The number of aryl methyl sites for hydroxylation is 2. The first-order chi connectivity index (χ1) is 10.7. The minimum absolute atomic E-state index is 0.116. The van der Waals surface area contributed by atoms with Crippen molar-refractivity contribution < 1.29 is 0 Å². The van der Waals surface area contributed by atoms with Gasteiger partial charge in [0.05, 0.1) is 22.7 Å². The summed E-state index contributed by atoms with van der Waals surface area (Å²) in [6, 6.07) is 11.7. The molecular formula is C17H14N4O. The third-order valence-electron chi connectivity index (χ3n) is 3.98. The third-order valence-corrected chi connectivity index (χ3v) is 3.98. The molecule has 0 aliphatic rings. The molecule has 4 rings (SSSR count). The minimum atomic E-state index is -0.116. The van der Waals surface area contributed by atoms with E-state index in [4.69, 9.17) is 0 Å². The summed E-state index contributed by atoms with van der Waals surface area (Å²) >= 11 is 0. The first kappa shape index (κ1) is 12.8. The van der Waals surface area contributed by atoms with Gasteiger partial charge in [-0.05, 0) is 24.6 Å². The van der Waals surface area contributed by atoms with Gasteiger partial charge in [-0.15, -0.1) is 0 Å². The Hall–Kier alpha value is -2.95. The van der Waals surface area contributed by atoms with E-state index in [1.165, 1.54) is 0 Å². The lowest BCUT2D eigenvalue weighted by Crippen LogP contribution is -2.22. The Balaban J connectivity index is 2.28. The standard InChI is InChI=1S/C17H14N4O/c1-11-6-5-9-18-16(11)21-15-12-7-3-4-8-13(12)19-10-14(15)20(2)17(21)22/h3-10H,1-2H3. The molecule has 108 valence electrons. The minimum Gasteiger partial charge on any atom is -0.293 e. The van der Waals surface area contributed by atoms with Crippen LogP contribution in [0.3, 0.4) is 0 Å². The van der Waals surface area contributed by atoms with Crippen molar-refractivity contribution >= 4 is 21.9 Å². The third kappa shape index (κ3) is 1.62. The number of aromatic nitrogens is 4. The van der Waals surface area contributed by atoms with E-state index in [1.807, 2.05) is 43.3 Å². The zero-order valence-corrected chi connectivity index (χ0v) is 12.3. The first-order valence-electron chi connectivity index (χ1n) is 7.05. The van der Waals surface area contributed by atoms with Crippen LogP contribution < -0.4 is 5.69 Å². The molecule has 0 amide bonds. The van der Waals surface area contributed by atoms with Crippen molar-refractivity contribution in [2.45, 2.75) is 6.92 Å². The van der Waals surface area contributed by atoms with E-state index in [-0.39, 0.29) is 5.69 Å². The number of pyridine rings is 2. The van der Waals surface area contributed by atoms with E-state index in [1.54, 1.807) is 28.6 Å². The summed E-state index contributed by atoms with van der Waals surface area (Å²) in [6.07, 6.45) is 3.45. The zero-order chi connectivity index (χ0) is 15.3. The average molecular weight is 290 g/mol. The van der Waals surface area contributed by atoms with Crippen LogP contribution in [0.25, 0.3) is 27.8 Å². The van der Waals surface area contributed by atoms with Crippen LogP contribution in [-0.4, -0.2) is 19.1 Å². The lowest BCUT2D eigenvalue weighted by atomic mass is 10.2. The molecule has 3 aromatic heterocycles. The number of imidazole rings is 1. The van der Waals surface area contributed by atoms with Gasteiger partial charge in [-0.2, -0.15) is 0 Å². The lowest BCUT2D eigenvalue weighted by molar-refractivity contribution is 0.830. The summed E-state index contributed by atoms with van der Waals surface area (Å²) < 4.78 is 3.29. The van der Waals surface area contributed by atoms with Crippen molar-refractivity contribution in [3.8, 4) is 5.82 Å². The van der Waals surface area contributed by atoms with Crippen LogP contribution in [-0.2, 0) is 7.05 Å². The van der Waals surface area contributed by atoms with Crippen LogP contribution >= 0.6 is 0 Å². The van der Waals surface area contributed by atoms with Crippen LogP contribution in [0, 0.1) is 6.92 Å². The molecule has 22 heavy (non-hydrogen) atoms. The summed E-state index contributed by atoms with van der Waals surface area (Å²) in [5, 5.41) is 0.947. The van der Waals surface area contributed by atoms with Crippen molar-refractivity contribution in [1.82, 2.24) is 19.1 Å². The Morgan fingerprint density at radius 3 is 2.68 bits per heavy atom. The molecule has 0 saturated heterocycles. The molecule has 3 heterocycles. The maximum Gasteiger partial charge on any atom is 0.334 e. The van der Waals surface area contributed by atoms with Crippen LogP contribution in [0.5, 0.6) is 0 Å². The van der Waals surface area contributed by atoms with E-state index in [0.29, 0.717) is 5.82 Å². The van der Waals surface area contributed by atoms with Gasteiger partial charge >= 0.3 is 5.69 Å². The molecule has 5 nitrogen and oxygen atoms in total. The number of hydrogen-bond donors (Lipinski definition) is 0. The van der Waals surface area contributed by atoms with Gasteiger partial charge < -0.3 is 0 Å². The van der Waals surface area contributed by atoms with E-state index in [2.05, 4.69) is 9.97 Å². The smallest absolute Gasteiger partial charge is 0.293 e. The second-order valence-corrected chi connectivity index (χ2v) is 5.33. The van der Waals surface area contributed by atoms with E-state index in [9.17, 15) is 4.79 Å². The van der Waals surface area contributed by atoms with Gasteiger partial charge in [0.15, 0.2) is 0 Å². The van der Waals surface area contributed by atoms with E-state index < -0.39 is 0 Å². The van der Waals surface area contributed by atoms with Gasteiger partial charge in [-0.25, -0.2) is 14.3 Å². The molecular weight excluding hydrogens is 276 g/mol. The summed E-state index contributed by atoms with van der Waals surface area (Å²) in [7, 11) is 1.76. The molecule has 1 aromatic carbocycles. The molecule has 0 bridgehead atoms. The van der Waals surface area contributed by atoms with Gasteiger partial charge in [-0.3, -0.25) is 9.55 Å². The molecule has 0 saturated carbocycles. The molecule has 0 unspecified atom stereocenters. The van der Waals surface area contributed by atoms with E-state index in [0.717, 1.165) is 27.5 Å².